The van der Waals surface area contributed by atoms with Gasteiger partial charge in [0.25, 0.3) is 10.0 Å². The smallest absolute Gasteiger partial charge is 0.286 e. The first-order valence-electron chi connectivity index (χ1n) is 6.36. The second-order valence-electron chi connectivity index (χ2n) is 4.50. The first-order valence-corrected chi connectivity index (χ1v) is 7.80. The number of aryl methyl sites for hydroxylation is 1. The number of guanidine groups is 1. The summed E-state index contributed by atoms with van der Waals surface area (Å²) in [6, 6.07) is 14.9. The monoisotopic (exact) mass is 314 g/mol. The van der Waals surface area contributed by atoms with Gasteiger partial charge < -0.3 is 11.1 Å². The molecule has 6 nitrogen and oxygen atoms in total. The van der Waals surface area contributed by atoms with E-state index in [1.165, 1.54) is 18.2 Å². The van der Waals surface area contributed by atoms with Crippen molar-refractivity contribution in [3.8, 4) is 6.07 Å². The highest BCUT2D eigenvalue weighted by Gasteiger charge is 2.18. The van der Waals surface area contributed by atoms with Gasteiger partial charge in [-0.3, -0.25) is 0 Å². The standard InChI is InChI=1S/C15H14N4O2S/c1-11-6-2-4-8-13(11)18-15(17)19-22(20,21)14-9-5-3-7-12(14)10-16/h2-9H,1H3,(H3,17,18,19). The van der Waals surface area contributed by atoms with Crippen molar-refractivity contribution in [3.05, 3.63) is 59.7 Å². The molecule has 0 aliphatic rings. The van der Waals surface area contributed by atoms with E-state index in [0.29, 0.717) is 5.69 Å². The fraction of sp³-hybridized carbons (Fsp3) is 0.0667. The lowest BCUT2D eigenvalue weighted by molar-refractivity contribution is 0.597. The number of nitriles is 1. The van der Waals surface area contributed by atoms with E-state index in [9.17, 15) is 8.42 Å². The van der Waals surface area contributed by atoms with E-state index in [1.807, 2.05) is 25.1 Å². The van der Waals surface area contributed by atoms with Gasteiger partial charge in [-0.05, 0) is 30.7 Å². The topological polar surface area (TPSA) is 108 Å². The zero-order valence-electron chi connectivity index (χ0n) is 11.8. The van der Waals surface area contributed by atoms with Crippen LogP contribution in [0.5, 0.6) is 0 Å². The Labute approximate surface area is 129 Å². The van der Waals surface area contributed by atoms with Crippen LogP contribution in [0.4, 0.5) is 5.69 Å². The van der Waals surface area contributed by atoms with Gasteiger partial charge in [0, 0.05) is 5.69 Å². The summed E-state index contributed by atoms with van der Waals surface area (Å²) in [4.78, 5) is -0.174. The molecular weight excluding hydrogens is 300 g/mol. The third-order valence-electron chi connectivity index (χ3n) is 2.91. The highest BCUT2D eigenvalue weighted by molar-refractivity contribution is 7.90. The quantitative estimate of drug-likeness (QED) is 0.665. The number of nitrogens with one attached hydrogen (secondary N) is 1. The van der Waals surface area contributed by atoms with Crippen molar-refractivity contribution < 1.29 is 8.42 Å². The Morgan fingerprint density at radius 1 is 1.18 bits per heavy atom. The lowest BCUT2D eigenvalue weighted by Crippen LogP contribution is -2.24. The molecule has 0 aromatic heterocycles. The molecule has 2 aromatic rings. The minimum Gasteiger partial charge on any atom is -0.369 e. The first-order chi connectivity index (χ1) is 10.4. The summed E-state index contributed by atoms with van der Waals surface area (Å²) in [7, 11) is -4.06. The second kappa shape index (κ2) is 6.28. The second-order valence-corrected chi connectivity index (χ2v) is 6.07. The summed E-state index contributed by atoms with van der Waals surface area (Å²) in [5.74, 6) is -0.262. The van der Waals surface area contributed by atoms with E-state index in [4.69, 9.17) is 11.0 Å². The molecule has 0 atom stereocenters. The Morgan fingerprint density at radius 2 is 1.82 bits per heavy atom. The SMILES string of the molecule is Cc1ccccc1N/C(N)=N/S(=O)(=O)c1ccccc1C#N. The van der Waals surface area contributed by atoms with E-state index in [2.05, 4.69) is 9.71 Å². The van der Waals surface area contributed by atoms with E-state index in [1.54, 1.807) is 18.2 Å². The molecule has 3 N–H and O–H groups in total. The van der Waals surface area contributed by atoms with Gasteiger partial charge in [-0.2, -0.15) is 13.7 Å². The van der Waals surface area contributed by atoms with Crippen molar-refractivity contribution >= 4 is 21.7 Å². The van der Waals surface area contributed by atoms with Crippen molar-refractivity contribution in [2.24, 2.45) is 10.1 Å². The Hall–Kier alpha value is -2.85. The number of hydrogen-bond donors (Lipinski definition) is 2. The highest BCUT2D eigenvalue weighted by atomic mass is 32.2. The zero-order chi connectivity index (χ0) is 16.2. The van der Waals surface area contributed by atoms with Crippen LogP contribution in [-0.2, 0) is 10.0 Å². The predicted molar refractivity (Wildman–Crippen MR) is 84.8 cm³/mol. The number of sulfonamides is 1. The van der Waals surface area contributed by atoms with Gasteiger partial charge in [-0.25, -0.2) is 0 Å². The Bertz CT molecular complexity index is 867. The fourth-order valence-corrected chi connectivity index (χ4v) is 2.88. The molecule has 0 amide bonds. The third kappa shape index (κ3) is 3.42. The molecule has 7 heteroatoms. The van der Waals surface area contributed by atoms with E-state index in [0.717, 1.165) is 5.56 Å². The lowest BCUT2D eigenvalue weighted by atomic mass is 10.2. The summed E-state index contributed by atoms with van der Waals surface area (Å²) < 4.78 is 28.0. The van der Waals surface area contributed by atoms with Crippen LogP contribution in [0.15, 0.2) is 57.8 Å². The molecule has 2 rings (SSSR count). The molecule has 0 heterocycles. The van der Waals surface area contributed by atoms with Crippen molar-refractivity contribution in [3.63, 3.8) is 0 Å². The Kier molecular flexibility index (Phi) is 4.44. The number of rotatable bonds is 3. The van der Waals surface area contributed by atoms with Crippen LogP contribution in [0.3, 0.4) is 0 Å². The average Bonchev–Trinajstić information content (AvgIpc) is 2.49. The van der Waals surface area contributed by atoms with Crippen LogP contribution in [0.1, 0.15) is 11.1 Å². The maximum atomic E-state index is 12.2. The average molecular weight is 314 g/mol. The van der Waals surface area contributed by atoms with E-state index < -0.39 is 10.0 Å². The molecule has 22 heavy (non-hydrogen) atoms. The van der Waals surface area contributed by atoms with Gasteiger partial charge in [-0.15, -0.1) is 4.40 Å². The van der Waals surface area contributed by atoms with Gasteiger partial charge in [0.1, 0.15) is 11.0 Å². The Balaban J connectivity index is 2.35. The van der Waals surface area contributed by atoms with Gasteiger partial charge >= 0.3 is 0 Å². The molecule has 0 saturated heterocycles. The normalized spacial score (nSPS) is 11.7. The molecule has 112 valence electrons. The van der Waals surface area contributed by atoms with Crippen molar-refractivity contribution in [2.45, 2.75) is 11.8 Å². The van der Waals surface area contributed by atoms with Crippen LogP contribution in [0.25, 0.3) is 0 Å². The van der Waals surface area contributed by atoms with Crippen LogP contribution in [0, 0.1) is 18.3 Å². The van der Waals surface area contributed by atoms with Crippen LogP contribution in [0.2, 0.25) is 0 Å². The maximum absolute atomic E-state index is 12.2. The van der Waals surface area contributed by atoms with Crippen molar-refractivity contribution in [2.75, 3.05) is 5.32 Å². The molecule has 2 aromatic carbocycles. The minimum absolute atomic E-state index is 0.0231. The minimum atomic E-state index is -4.06. The number of nitrogens with two attached hydrogens (primary N) is 1. The zero-order valence-corrected chi connectivity index (χ0v) is 12.6. The number of hydrogen-bond acceptors (Lipinski definition) is 3. The first kappa shape index (κ1) is 15.5. The summed E-state index contributed by atoms with van der Waals surface area (Å²) in [6.45, 7) is 1.86. The van der Waals surface area contributed by atoms with Gasteiger partial charge in [0.2, 0.25) is 5.96 Å². The number of nitrogens with zero attached hydrogens (tertiary/aromatic N) is 2. The number of para-hydroxylation sites is 1. The number of anilines is 1. The predicted octanol–water partition coefficient (Wildman–Crippen LogP) is 1.98. The fourth-order valence-electron chi connectivity index (χ4n) is 1.84. The highest BCUT2D eigenvalue weighted by Crippen LogP contribution is 2.18. The summed E-state index contributed by atoms with van der Waals surface area (Å²) in [5, 5.41) is 11.7. The summed E-state index contributed by atoms with van der Waals surface area (Å²) in [6.07, 6.45) is 0. The van der Waals surface area contributed by atoms with Crippen LogP contribution < -0.4 is 11.1 Å². The molecule has 0 aliphatic heterocycles. The molecular formula is C15H14N4O2S. The molecule has 0 unspecified atom stereocenters. The Morgan fingerprint density at radius 3 is 2.50 bits per heavy atom. The van der Waals surface area contributed by atoms with E-state index >= 15 is 0 Å². The molecule has 0 saturated carbocycles. The van der Waals surface area contributed by atoms with Crippen molar-refractivity contribution in [1.82, 2.24) is 0 Å². The maximum Gasteiger partial charge on any atom is 0.286 e. The third-order valence-corrected chi connectivity index (χ3v) is 4.26. The molecule has 0 spiro atoms. The number of benzene rings is 2. The van der Waals surface area contributed by atoms with Gasteiger partial charge in [0.15, 0.2) is 0 Å². The molecule has 0 bridgehead atoms. The van der Waals surface area contributed by atoms with Crippen LogP contribution >= 0.6 is 0 Å². The van der Waals surface area contributed by atoms with Gasteiger partial charge in [0.05, 0.1) is 5.56 Å². The van der Waals surface area contributed by atoms with Gasteiger partial charge in [-0.1, -0.05) is 30.3 Å². The van der Waals surface area contributed by atoms with E-state index in [-0.39, 0.29) is 16.4 Å². The molecule has 0 aliphatic carbocycles. The lowest BCUT2D eigenvalue weighted by Gasteiger charge is -2.08. The molecule has 0 radical (unpaired) electrons. The summed E-state index contributed by atoms with van der Waals surface area (Å²) >= 11 is 0. The van der Waals surface area contributed by atoms with Crippen LogP contribution in [-0.4, -0.2) is 14.4 Å². The summed E-state index contributed by atoms with van der Waals surface area (Å²) in [5.41, 5.74) is 7.25. The molecule has 0 fully saturated rings. The van der Waals surface area contributed by atoms with Crippen molar-refractivity contribution in [1.29, 1.82) is 5.26 Å². The largest absolute Gasteiger partial charge is 0.369 e.